The van der Waals surface area contributed by atoms with Crippen LogP contribution in [-0.4, -0.2) is 31.5 Å². The van der Waals surface area contributed by atoms with Gasteiger partial charge in [-0.2, -0.15) is 0 Å². The van der Waals surface area contributed by atoms with Crippen LogP contribution in [0, 0.1) is 5.92 Å². The van der Waals surface area contributed by atoms with Crippen LogP contribution in [0.4, 0.5) is 0 Å². The molecule has 90 valence electrons. The van der Waals surface area contributed by atoms with Gasteiger partial charge in [0.2, 0.25) is 7.37 Å². The number of carbonyl (C=O) groups is 1. The summed E-state index contributed by atoms with van der Waals surface area (Å²) in [5.74, 6) is -0.00586. The monoisotopic (exact) mass is 236 g/mol. The van der Waals surface area contributed by atoms with E-state index in [1.807, 2.05) is 13.8 Å². The van der Waals surface area contributed by atoms with Gasteiger partial charge in [-0.3, -0.25) is 9.36 Å². The van der Waals surface area contributed by atoms with Gasteiger partial charge in [0.1, 0.15) is 6.10 Å². The van der Waals surface area contributed by atoms with Crippen LogP contribution in [0.5, 0.6) is 0 Å². The molecule has 5 heteroatoms. The van der Waals surface area contributed by atoms with Crippen molar-refractivity contribution in [2.45, 2.75) is 33.8 Å². The van der Waals surface area contributed by atoms with Crippen molar-refractivity contribution < 1.29 is 18.6 Å². The number of hydrogen-bond acceptors (Lipinski definition) is 4. The Morgan fingerprint density at radius 2 is 1.87 bits per heavy atom. The van der Waals surface area contributed by atoms with Crippen molar-refractivity contribution in [3.05, 3.63) is 0 Å². The van der Waals surface area contributed by atoms with Crippen LogP contribution in [0.25, 0.3) is 0 Å². The average Bonchev–Trinajstić information content (AvgIpc) is 1.98. The summed E-state index contributed by atoms with van der Waals surface area (Å²) in [5.41, 5.74) is 0. The first-order valence-corrected chi connectivity index (χ1v) is 7.37. The van der Waals surface area contributed by atoms with Crippen molar-refractivity contribution >= 4 is 13.3 Å². The van der Waals surface area contributed by atoms with Crippen molar-refractivity contribution in [1.29, 1.82) is 0 Å². The highest BCUT2D eigenvalue weighted by Crippen LogP contribution is 2.43. The van der Waals surface area contributed by atoms with Crippen molar-refractivity contribution in [3.8, 4) is 0 Å². The minimum absolute atomic E-state index is 0.277. The molecule has 4 nitrogen and oxygen atoms in total. The number of rotatable bonds is 6. The Morgan fingerprint density at radius 3 is 2.27 bits per heavy atom. The molecule has 0 rings (SSSR count). The van der Waals surface area contributed by atoms with Crippen molar-refractivity contribution in [2.75, 3.05) is 19.4 Å². The summed E-state index contributed by atoms with van der Waals surface area (Å²) in [6, 6.07) is 0. The summed E-state index contributed by atoms with van der Waals surface area (Å²) in [5, 5.41) is 0. The van der Waals surface area contributed by atoms with E-state index in [1.54, 1.807) is 13.6 Å². The quantitative estimate of drug-likeness (QED) is 0.525. The van der Waals surface area contributed by atoms with Crippen LogP contribution in [0.1, 0.15) is 27.7 Å². The normalized spacial score (nSPS) is 17.2. The summed E-state index contributed by atoms with van der Waals surface area (Å²) in [6.45, 7) is 9.10. The molecule has 0 amide bonds. The molecule has 2 unspecified atom stereocenters. The molecule has 0 N–H and O–H groups in total. The topological polar surface area (TPSA) is 52.6 Å². The van der Waals surface area contributed by atoms with Crippen molar-refractivity contribution in [1.82, 2.24) is 0 Å². The molecule has 0 fully saturated rings. The van der Waals surface area contributed by atoms with Crippen LogP contribution < -0.4 is 0 Å². The number of ether oxygens (including phenoxy) is 1. The van der Waals surface area contributed by atoms with Crippen LogP contribution in [0.2, 0.25) is 0 Å². The third-order valence-electron chi connectivity index (χ3n) is 1.64. The molecule has 0 saturated heterocycles. The van der Waals surface area contributed by atoms with E-state index in [1.165, 1.54) is 6.92 Å². The van der Waals surface area contributed by atoms with Crippen LogP contribution >= 0.6 is 7.37 Å². The summed E-state index contributed by atoms with van der Waals surface area (Å²) < 4.78 is 22.1. The zero-order valence-electron chi connectivity index (χ0n) is 10.1. The van der Waals surface area contributed by atoms with Crippen molar-refractivity contribution in [3.63, 3.8) is 0 Å². The maximum atomic E-state index is 11.9. The van der Waals surface area contributed by atoms with Gasteiger partial charge in [-0.15, -0.1) is 0 Å². The lowest BCUT2D eigenvalue weighted by Gasteiger charge is -2.19. The van der Waals surface area contributed by atoms with Crippen molar-refractivity contribution in [2.24, 2.45) is 5.92 Å². The third-order valence-corrected chi connectivity index (χ3v) is 3.51. The second-order valence-electron chi connectivity index (χ2n) is 4.31. The lowest BCUT2D eigenvalue weighted by molar-refractivity contribution is -0.144. The van der Waals surface area contributed by atoms with Gasteiger partial charge in [0.25, 0.3) is 0 Å². The van der Waals surface area contributed by atoms with Crippen LogP contribution in [0.3, 0.4) is 0 Å². The highest BCUT2D eigenvalue weighted by atomic mass is 31.2. The zero-order valence-corrected chi connectivity index (χ0v) is 11.0. The SMILES string of the molecule is CC(=O)OC(C)CP(C)(=O)OCC(C)C. The molecule has 0 aromatic rings. The highest BCUT2D eigenvalue weighted by molar-refractivity contribution is 7.58. The van der Waals surface area contributed by atoms with Gasteiger partial charge in [-0.1, -0.05) is 13.8 Å². The second kappa shape index (κ2) is 6.29. The minimum Gasteiger partial charge on any atom is -0.462 e. The smallest absolute Gasteiger partial charge is 0.302 e. The molecule has 0 aliphatic heterocycles. The molecule has 0 saturated carbocycles. The van der Waals surface area contributed by atoms with E-state index in [4.69, 9.17) is 9.26 Å². The predicted octanol–water partition coefficient (Wildman–Crippen LogP) is 2.52. The van der Waals surface area contributed by atoms with Crippen LogP contribution in [0.15, 0.2) is 0 Å². The fourth-order valence-corrected chi connectivity index (χ4v) is 2.87. The molecule has 0 aromatic heterocycles. The Bertz CT molecular complexity index is 250. The molecule has 0 spiro atoms. The molecule has 15 heavy (non-hydrogen) atoms. The van der Waals surface area contributed by atoms with Gasteiger partial charge in [-0.25, -0.2) is 0 Å². The Morgan fingerprint density at radius 1 is 1.33 bits per heavy atom. The Balaban J connectivity index is 4.01. The van der Waals surface area contributed by atoms with E-state index in [2.05, 4.69) is 0 Å². The fraction of sp³-hybridized carbons (Fsp3) is 0.900. The largest absolute Gasteiger partial charge is 0.462 e. The average molecular weight is 236 g/mol. The predicted molar refractivity (Wildman–Crippen MR) is 60.4 cm³/mol. The van der Waals surface area contributed by atoms with Gasteiger partial charge < -0.3 is 9.26 Å². The first kappa shape index (κ1) is 14.7. The number of hydrogen-bond donors (Lipinski definition) is 0. The van der Waals surface area contributed by atoms with Gasteiger partial charge in [-0.05, 0) is 12.8 Å². The molecular weight excluding hydrogens is 215 g/mol. The highest BCUT2D eigenvalue weighted by Gasteiger charge is 2.21. The van der Waals surface area contributed by atoms with Crippen LogP contribution in [-0.2, 0) is 18.6 Å². The standard InChI is InChI=1S/C10H21O4P/c1-8(2)6-13-15(5,12)7-9(3)14-10(4)11/h8-9H,6-7H2,1-5H3. The molecule has 0 aromatic carbocycles. The van der Waals surface area contributed by atoms with E-state index in [-0.39, 0.29) is 18.2 Å². The fourth-order valence-electron chi connectivity index (χ4n) is 1.15. The zero-order chi connectivity index (χ0) is 12.1. The first-order valence-electron chi connectivity index (χ1n) is 5.11. The summed E-state index contributed by atoms with van der Waals surface area (Å²) in [7, 11) is -2.64. The Hall–Kier alpha value is -0.340. The van der Waals surface area contributed by atoms with E-state index < -0.39 is 7.37 Å². The molecular formula is C10H21O4P. The molecule has 0 aliphatic rings. The van der Waals surface area contributed by atoms with Gasteiger partial charge in [0, 0.05) is 13.6 Å². The minimum atomic E-state index is -2.64. The van der Waals surface area contributed by atoms with Gasteiger partial charge in [0.15, 0.2) is 0 Å². The number of esters is 1. The number of carbonyl (C=O) groups excluding carboxylic acids is 1. The summed E-state index contributed by atoms with van der Waals surface area (Å²) >= 11 is 0. The maximum Gasteiger partial charge on any atom is 0.302 e. The Kier molecular flexibility index (Phi) is 6.15. The third kappa shape index (κ3) is 8.64. The lowest BCUT2D eigenvalue weighted by Crippen LogP contribution is -2.17. The molecule has 0 aliphatic carbocycles. The molecule has 0 radical (unpaired) electrons. The van der Waals surface area contributed by atoms with Gasteiger partial charge >= 0.3 is 5.97 Å². The van der Waals surface area contributed by atoms with E-state index in [9.17, 15) is 9.36 Å². The van der Waals surface area contributed by atoms with E-state index in [0.29, 0.717) is 12.5 Å². The molecule has 0 bridgehead atoms. The molecule has 2 atom stereocenters. The second-order valence-corrected chi connectivity index (χ2v) is 6.96. The van der Waals surface area contributed by atoms with Gasteiger partial charge in [0.05, 0.1) is 12.8 Å². The molecule has 0 heterocycles. The summed E-state index contributed by atoms with van der Waals surface area (Å²) in [4.78, 5) is 10.7. The Labute approximate surface area is 91.8 Å². The lowest BCUT2D eigenvalue weighted by atomic mass is 10.2. The summed E-state index contributed by atoms with van der Waals surface area (Å²) in [6.07, 6.45) is -0.0789. The van der Waals surface area contributed by atoms with E-state index in [0.717, 1.165) is 0 Å². The maximum absolute atomic E-state index is 11.9. The van der Waals surface area contributed by atoms with E-state index >= 15 is 0 Å². The first-order chi connectivity index (χ1) is 6.73.